The van der Waals surface area contributed by atoms with E-state index in [-0.39, 0.29) is 0 Å². The molecule has 0 saturated carbocycles. The predicted octanol–water partition coefficient (Wildman–Crippen LogP) is 4.61. The van der Waals surface area contributed by atoms with Crippen molar-refractivity contribution < 1.29 is 8.85 Å². The Morgan fingerprint density at radius 1 is 0.750 bits per heavy atom. The fraction of sp³-hybridized carbons (Fsp3) is 0.250. The van der Waals surface area contributed by atoms with Crippen LogP contribution < -0.4 is 8.85 Å². The van der Waals surface area contributed by atoms with Crippen molar-refractivity contribution in [3.63, 3.8) is 0 Å². The molecule has 1 aliphatic heterocycles. The molecule has 104 valence electrons. The van der Waals surface area contributed by atoms with Gasteiger partial charge in [-0.2, -0.15) is 0 Å². The summed E-state index contributed by atoms with van der Waals surface area (Å²) in [6.45, 7) is 0. The zero-order valence-electron chi connectivity index (χ0n) is 11.3. The van der Waals surface area contributed by atoms with Crippen molar-refractivity contribution in [3.05, 3.63) is 60.7 Å². The first-order valence-electron chi connectivity index (χ1n) is 6.98. The maximum Gasteiger partial charge on any atom is 0.530 e. The van der Waals surface area contributed by atoms with E-state index >= 15 is 0 Å². The molecular weight excluding hydrogens is 284 g/mol. The number of para-hydroxylation sites is 2. The Hall–Kier alpha value is -1.39. The Morgan fingerprint density at radius 3 is 1.75 bits per heavy atom. The third kappa shape index (κ3) is 3.38. The largest absolute Gasteiger partial charge is 0.530 e. The molecule has 0 aliphatic carbocycles. The monoisotopic (exact) mass is 302 g/mol. The van der Waals surface area contributed by atoms with E-state index in [4.69, 9.17) is 8.85 Å². The average molecular weight is 302 g/mol. The van der Waals surface area contributed by atoms with Crippen LogP contribution in [0.15, 0.2) is 60.7 Å². The molecule has 20 heavy (non-hydrogen) atoms. The zero-order valence-corrected chi connectivity index (χ0v) is 13.1. The van der Waals surface area contributed by atoms with Crippen LogP contribution in [0.5, 0.6) is 11.5 Å². The number of rotatable bonds is 4. The summed E-state index contributed by atoms with van der Waals surface area (Å²) in [6.07, 6.45) is 2.45. The van der Waals surface area contributed by atoms with Crippen molar-refractivity contribution >= 4 is 18.9 Å². The molecule has 0 bridgehead atoms. The predicted molar refractivity (Wildman–Crippen MR) is 86.4 cm³/mol. The topological polar surface area (TPSA) is 18.5 Å². The molecule has 4 heteroatoms. The van der Waals surface area contributed by atoms with Gasteiger partial charge < -0.3 is 8.85 Å². The van der Waals surface area contributed by atoms with Crippen molar-refractivity contribution in [3.8, 4) is 11.5 Å². The van der Waals surface area contributed by atoms with E-state index in [9.17, 15) is 0 Å². The second-order valence-electron chi connectivity index (χ2n) is 4.82. The molecule has 1 fully saturated rings. The zero-order chi connectivity index (χ0) is 13.7. The quantitative estimate of drug-likeness (QED) is 0.768. The van der Waals surface area contributed by atoms with E-state index < -0.39 is 7.71 Å². The van der Waals surface area contributed by atoms with Crippen LogP contribution in [0, 0.1) is 0 Å². The third-order valence-electron chi connectivity index (χ3n) is 3.23. The molecule has 0 unspecified atom stereocenters. The lowest BCUT2D eigenvalue weighted by Gasteiger charge is -2.33. The summed E-state index contributed by atoms with van der Waals surface area (Å²) < 4.78 is 12.7. The van der Waals surface area contributed by atoms with Gasteiger partial charge in [-0.1, -0.05) is 36.4 Å². The Bertz CT molecular complexity index is 483. The van der Waals surface area contributed by atoms with Crippen LogP contribution >= 0.6 is 11.2 Å². The van der Waals surface area contributed by atoms with Gasteiger partial charge in [0.25, 0.3) is 0 Å². The van der Waals surface area contributed by atoms with Gasteiger partial charge in [0, 0.05) is 6.04 Å². The van der Waals surface area contributed by atoms with Crippen molar-refractivity contribution in [1.82, 2.24) is 0 Å². The molecule has 1 aliphatic rings. The summed E-state index contributed by atoms with van der Waals surface area (Å²) in [5, 5.41) is 0. The third-order valence-corrected chi connectivity index (χ3v) is 9.27. The minimum Gasteiger partial charge on any atom is -0.505 e. The van der Waals surface area contributed by atoms with Crippen LogP contribution in [0.4, 0.5) is 0 Å². The smallest absolute Gasteiger partial charge is 0.505 e. The molecule has 1 saturated heterocycles. The van der Waals surface area contributed by atoms with Gasteiger partial charge in [-0.25, -0.2) is 0 Å². The summed E-state index contributed by atoms with van der Waals surface area (Å²) in [7, 11) is -2.25. The Labute approximate surface area is 125 Å². The van der Waals surface area contributed by atoms with Gasteiger partial charge in [-0.15, -0.1) is 11.2 Å². The molecule has 0 spiro atoms. The molecular formula is C16H18O2SSi. The molecule has 2 aromatic rings. The lowest BCUT2D eigenvalue weighted by molar-refractivity contribution is 0.405. The standard InChI is InChI=1S/C16H18O2SSi/c1-3-9-15(10-4-1)17-20(14-8-7-13-19-20)18-16-11-5-2-6-12-16/h1-6,9-12H,7-8,13-14H2. The average Bonchev–Trinajstić information content (AvgIpc) is 2.50. The number of benzene rings is 2. The van der Waals surface area contributed by atoms with Crippen molar-refractivity contribution in [2.24, 2.45) is 0 Å². The lowest BCUT2D eigenvalue weighted by atomic mass is 10.3. The highest BCUT2D eigenvalue weighted by molar-refractivity contribution is 8.27. The van der Waals surface area contributed by atoms with E-state index in [0.29, 0.717) is 0 Å². The minimum atomic E-state index is -2.25. The second-order valence-corrected chi connectivity index (χ2v) is 10.5. The summed E-state index contributed by atoms with van der Waals surface area (Å²) in [5.41, 5.74) is 0. The second kappa shape index (κ2) is 6.37. The summed E-state index contributed by atoms with van der Waals surface area (Å²) in [6, 6.07) is 21.1. The van der Waals surface area contributed by atoms with E-state index in [1.54, 1.807) is 0 Å². The van der Waals surface area contributed by atoms with Crippen LogP contribution in [0.2, 0.25) is 6.04 Å². The Morgan fingerprint density at radius 2 is 1.30 bits per heavy atom. The first kappa shape index (κ1) is 13.6. The molecule has 0 amide bonds. The molecule has 2 nitrogen and oxygen atoms in total. The van der Waals surface area contributed by atoms with Crippen LogP contribution in [0.25, 0.3) is 0 Å². The van der Waals surface area contributed by atoms with Gasteiger partial charge in [0.05, 0.1) is 0 Å². The van der Waals surface area contributed by atoms with Crippen LogP contribution in [-0.2, 0) is 0 Å². The van der Waals surface area contributed by atoms with E-state index in [1.807, 2.05) is 71.9 Å². The normalized spacial score (nSPS) is 17.4. The van der Waals surface area contributed by atoms with Crippen molar-refractivity contribution in [2.75, 3.05) is 5.75 Å². The molecule has 0 radical (unpaired) electrons. The Balaban J connectivity index is 1.81. The fourth-order valence-electron chi connectivity index (χ4n) is 2.26. The van der Waals surface area contributed by atoms with Gasteiger partial charge in [0.2, 0.25) is 0 Å². The molecule has 1 heterocycles. The number of hydrogen-bond acceptors (Lipinski definition) is 3. The van der Waals surface area contributed by atoms with Crippen LogP contribution in [-0.4, -0.2) is 13.5 Å². The van der Waals surface area contributed by atoms with Gasteiger partial charge in [0.1, 0.15) is 11.5 Å². The summed E-state index contributed by atoms with van der Waals surface area (Å²) in [5.74, 6) is 2.97. The SMILES string of the molecule is c1ccc(O[Si]2(Oc3ccccc3)CCCCS2)cc1. The molecule has 0 atom stereocenters. The molecule has 0 aromatic heterocycles. The van der Waals surface area contributed by atoms with Crippen LogP contribution in [0.3, 0.4) is 0 Å². The maximum atomic E-state index is 6.33. The summed E-state index contributed by atoms with van der Waals surface area (Å²) >= 11 is 1.89. The van der Waals surface area contributed by atoms with E-state index in [1.165, 1.54) is 12.8 Å². The molecule has 0 N–H and O–H groups in total. The highest BCUT2D eigenvalue weighted by Gasteiger charge is 2.45. The number of hydrogen-bond donors (Lipinski definition) is 0. The van der Waals surface area contributed by atoms with Gasteiger partial charge in [-0.3, -0.25) is 0 Å². The Kier molecular flexibility index (Phi) is 4.33. The van der Waals surface area contributed by atoms with Crippen molar-refractivity contribution in [1.29, 1.82) is 0 Å². The molecule has 3 rings (SSSR count). The van der Waals surface area contributed by atoms with E-state index in [0.717, 1.165) is 23.3 Å². The highest BCUT2D eigenvalue weighted by atomic mass is 32.4. The van der Waals surface area contributed by atoms with Crippen molar-refractivity contribution in [2.45, 2.75) is 18.9 Å². The first-order valence-corrected chi connectivity index (χ1v) is 10.7. The highest BCUT2D eigenvalue weighted by Crippen LogP contribution is 2.36. The fourth-order valence-corrected chi connectivity index (χ4v) is 8.27. The minimum absolute atomic E-state index is 0.921. The van der Waals surface area contributed by atoms with Gasteiger partial charge in [0.15, 0.2) is 0 Å². The first-order chi connectivity index (χ1) is 9.86. The maximum absolute atomic E-state index is 6.33. The van der Waals surface area contributed by atoms with Crippen LogP contribution in [0.1, 0.15) is 12.8 Å². The van der Waals surface area contributed by atoms with Gasteiger partial charge in [-0.05, 0) is 42.9 Å². The van der Waals surface area contributed by atoms with E-state index in [2.05, 4.69) is 0 Å². The summed E-state index contributed by atoms with van der Waals surface area (Å²) in [4.78, 5) is 0. The van der Waals surface area contributed by atoms with Gasteiger partial charge >= 0.3 is 7.71 Å². The molecule has 2 aromatic carbocycles. The lowest BCUT2D eigenvalue weighted by Crippen LogP contribution is -2.47.